The zero-order chi connectivity index (χ0) is 15.2. The fraction of sp³-hybridized carbons (Fsp3) is 0.188. The highest BCUT2D eigenvalue weighted by Gasteiger charge is 2.05. The molecule has 0 radical (unpaired) electrons. The van der Waals surface area contributed by atoms with Crippen molar-refractivity contribution in [1.82, 2.24) is 0 Å². The predicted octanol–water partition coefficient (Wildman–Crippen LogP) is 3.50. The Morgan fingerprint density at radius 3 is 2.76 bits per heavy atom. The van der Waals surface area contributed by atoms with Crippen LogP contribution in [0.4, 0.5) is 11.4 Å². The highest BCUT2D eigenvalue weighted by atomic mass is 35.5. The van der Waals surface area contributed by atoms with Gasteiger partial charge in [-0.05, 0) is 42.3 Å². The van der Waals surface area contributed by atoms with E-state index in [2.05, 4.69) is 5.32 Å². The van der Waals surface area contributed by atoms with Gasteiger partial charge in [0.25, 0.3) is 0 Å². The molecule has 3 N–H and O–H groups in total. The van der Waals surface area contributed by atoms with E-state index in [1.165, 1.54) is 0 Å². The zero-order valence-corrected chi connectivity index (χ0v) is 12.5. The largest absolute Gasteiger partial charge is 0.495 e. The number of rotatable bonds is 5. The first-order valence-electron chi connectivity index (χ1n) is 6.56. The molecule has 2 aromatic carbocycles. The number of benzene rings is 2. The fourth-order valence-corrected chi connectivity index (χ4v) is 2.18. The quantitative estimate of drug-likeness (QED) is 0.831. The number of nitrogens with one attached hydrogen (secondary N) is 1. The van der Waals surface area contributed by atoms with E-state index in [1.807, 2.05) is 12.1 Å². The Balaban J connectivity index is 1.90. The minimum absolute atomic E-state index is 0.0633. The lowest BCUT2D eigenvalue weighted by Gasteiger charge is -2.08. The summed E-state index contributed by atoms with van der Waals surface area (Å²) in [5.41, 5.74) is 8.10. The minimum Gasteiger partial charge on any atom is -0.495 e. The third kappa shape index (κ3) is 4.39. The van der Waals surface area contributed by atoms with Gasteiger partial charge in [-0.1, -0.05) is 23.7 Å². The van der Waals surface area contributed by atoms with Gasteiger partial charge in [-0.2, -0.15) is 0 Å². The van der Waals surface area contributed by atoms with E-state index >= 15 is 0 Å². The highest BCUT2D eigenvalue weighted by Crippen LogP contribution is 2.22. The summed E-state index contributed by atoms with van der Waals surface area (Å²) in [6.07, 6.45) is 0.985. The van der Waals surface area contributed by atoms with E-state index in [9.17, 15) is 4.79 Å². The lowest BCUT2D eigenvalue weighted by atomic mass is 10.1. The summed E-state index contributed by atoms with van der Waals surface area (Å²) in [6, 6.07) is 12.6. The van der Waals surface area contributed by atoms with Crippen LogP contribution in [0, 0.1) is 0 Å². The summed E-state index contributed by atoms with van der Waals surface area (Å²) in [7, 11) is 1.57. The second-order valence-corrected chi connectivity index (χ2v) is 5.07. The Hall–Kier alpha value is -2.20. The molecule has 0 aromatic heterocycles. The minimum atomic E-state index is -0.0633. The van der Waals surface area contributed by atoms with Crippen molar-refractivity contribution in [2.75, 3.05) is 18.2 Å². The highest BCUT2D eigenvalue weighted by molar-refractivity contribution is 6.30. The van der Waals surface area contributed by atoms with Crippen molar-refractivity contribution >= 4 is 28.9 Å². The molecule has 0 aliphatic heterocycles. The molecule has 21 heavy (non-hydrogen) atoms. The number of nitrogens with two attached hydrogens (primary N) is 1. The molecule has 0 unspecified atom stereocenters. The first kappa shape index (κ1) is 15.2. The van der Waals surface area contributed by atoms with Gasteiger partial charge in [0.2, 0.25) is 5.91 Å². The van der Waals surface area contributed by atoms with Crippen LogP contribution in [0.2, 0.25) is 5.02 Å². The number of ether oxygens (including phenoxy) is 1. The molecule has 2 rings (SSSR count). The maximum Gasteiger partial charge on any atom is 0.224 e. The van der Waals surface area contributed by atoms with Gasteiger partial charge in [-0.25, -0.2) is 0 Å². The Morgan fingerprint density at radius 1 is 1.29 bits per heavy atom. The van der Waals surface area contributed by atoms with Crippen molar-refractivity contribution in [2.45, 2.75) is 12.8 Å². The molecule has 4 nitrogen and oxygen atoms in total. The number of anilines is 2. The number of carbonyl (C=O) groups is 1. The molecular formula is C16H17ClN2O2. The smallest absolute Gasteiger partial charge is 0.224 e. The first-order valence-corrected chi connectivity index (χ1v) is 6.94. The van der Waals surface area contributed by atoms with Crippen molar-refractivity contribution in [3.8, 4) is 5.75 Å². The van der Waals surface area contributed by atoms with Crippen LogP contribution in [0.25, 0.3) is 0 Å². The molecule has 0 heterocycles. The molecule has 0 aliphatic carbocycles. The number of nitrogen functional groups attached to an aromatic ring is 1. The maximum atomic E-state index is 11.9. The Morgan fingerprint density at radius 2 is 2.10 bits per heavy atom. The van der Waals surface area contributed by atoms with E-state index < -0.39 is 0 Å². The van der Waals surface area contributed by atoms with Crippen LogP contribution in [0.5, 0.6) is 5.75 Å². The van der Waals surface area contributed by atoms with Gasteiger partial charge in [-0.3, -0.25) is 4.79 Å². The summed E-state index contributed by atoms with van der Waals surface area (Å²) in [6.45, 7) is 0. The molecule has 0 bridgehead atoms. The second kappa shape index (κ2) is 6.99. The van der Waals surface area contributed by atoms with E-state index in [0.29, 0.717) is 35.0 Å². The Kier molecular flexibility index (Phi) is 5.06. The van der Waals surface area contributed by atoms with Gasteiger partial charge < -0.3 is 15.8 Å². The average molecular weight is 305 g/mol. The van der Waals surface area contributed by atoms with Crippen LogP contribution in [0.1, 0.15) is 12.0 Å². The average Bonchev–Trinajstić information content (AvgIpc) is 2.45. The number of amides is 1. The van der Waals surface area contributed by atoms with Gasteiger partial charge in [0.15, 0.2) is 0 Å². The summed E-state index contributed by atoms with van der Waals surface area (Å²) in [4.78, 5) is 11.9. The number of methoxy groups -OCH3 is 1. The topological polar surface area (TPSA) is 64.3 Å². The lowest BCUT2D eigenvalue weighted by molar-refractivity contribution is -0.116. The molecular weight excluding hydrogens is 288 g/mol. The lowest BCUT2D eigenvalue weighted by Crippen LogP contribution is -2.12. The van der Waals surface area contributed by atoms with E-state index in [4.69, 9.17) is 22.1 Å². The number of carbonyl (C=O) groups excluding carboxylic acids is 1. The van der Waals surface area contributed by atoms with E-state index in [1.54, 1.807) is 37.4 Å². The third-order valence-electron chi connectivity index (χ3n) is 3.04. The number of halogens is 1. The molecule has 0 saturated heterocycles. The first-order chi connectivity index (χ1) is 10.1. The monoisotopic (exact) mass is 304 g/mol. The molecule has 5 heteroatoms. The molecule has 2 aromatic rings. The number of hydrogen-bond acceptors (Lipinski definition) is 3. The molecule has 0 fully saturated rings. The number of aryl methyl sites for hydroxylation is 1. The SMILES string of the molecule is COc1ccc(CCC(=O)Nc2cccc(Cl)c2)cc1N. The van der Waals surface area contributed by atoms with E-state index in [-0.39, 0.29) is 5.91 Å². The van der Waals surface area contributed by atoms with Crippen molar-refractivity contribution in [3.05, 3.63) is 53.1 Å². The van der Waals surface area contributed by atoms with Crippen LogP contribution < -0.4 is 15.8 Å². The van der Waals surface area contributed by atoms with Crippen molar-refractivity contribution in [2.24, 2.45) is 0 Å². The van der Waals surface area contributed by atoms with Crippen LogP contribution in [0.3, 0.4) is 0 Å². The van der Waals surface area contributed by atoms with Crippen LogP contribution in [0.15, 0.2) is 42.5 Å². The molecule has 110 valence electrons. The predicted molar refractivity (Wildman–Crippen MR) is 85.8 cm³/mol. The van der Waals surface area contributed by atoms with Gasteiger partial charge in [0.05, 0.1) is 12.8 Å². The third-order valence-corrected chi connectivity index (χ3v) is 3.28. The standard InChI is InChI=1S/C16H17ClN2O2/c1-21-15-7-5-11(9-14(15)18)6-8-16(20)19-13-4-2-3-12(17)10-13/h2-5,7,9-10H,6,8,18H2,1H3,(H,19,20). The number of hydrogen-bond donors (Lipinski definition) is 2. The molecule has 0 atom stereocenters. The van der Waals surface area contributed by atoms with Crippen LogP contribution >= 0.6 is 11.6 Å². The van der Waals surface area contributed by atoms with Crippen molar-refractivity contribution in [3.63, 3.8) is 0 Å². The zero-order valence-electron chi connectivity index (χ0n) is 11.7. The summed E-state index contributed by atoms with van der Waals surface area (Å²) >= 11 is 5.87. The molecule has 0 saturated carbocycles. The summed E-state index contributed by atoms with van der Waals surface area (Å²) in [5, 5.41) is 3.40. The maximum absolute atomic E-state index is 11.9. The summed E-state index contributed by atoms with van der Waals surface area (Å²) < 4.78 is 5.10. The van der Waals surface area contributed by atoms with Gasteiger partial charge in [0.1, 0.15) is 5.75 Å². The van der Waals surface area contributed by atoms with Crippen LogP contribution in [-0.4, -0.2) is 13.0 Å². The Labute approximate surface area is 128 Å². The fourth-order valence-electron chi connectivity index (χ4n) is 1.99. The van der Waals surface area contributed by atoms with Crippen LogP contribution in [-0.2, 0) is 11.2 Å². The molecule has 0 aliphatic rings. The van der Waals surface area contributed by atoms with E-state index in [0.717, 1.165) is 5.56 Å². The van der Waals surface area contributed by atoms with Crippen molar-refractivity contribution in [1.29, 1.82) is 0 Å². The van der Waals surface area contributed by atoms with Gasteiger partial charge >= 0.3 is 0 Å². The summed E-state index contributed by atoms with van der Waals surface area (Å²) in [5.74, 6) is 0.578. The van der Waals surface area contributed by atoms with Gasteiger partial charge in [-0.15, -0.1) is 0 Å². The Bertz CT molecular complexity index is 644. The van der Waals surface area contributed by atoms with Gasteiger partial charge in [0, 0.05) is 17.1 Å². The van der Waals surface area contributed by atoms with Crippen molar-refractivity contribution < 1.29 is 9.53 Å². The molecule has 1 amide bonds. The second-order valence-electron chi connectivity index (χ2n) is 4.63. The molecule has 0 spiro atoms. The normalized spacial score (nSPS) is 10.2.